The second-order valence-electron chi connectivity index (χ2n) is 3.43. The fourth-order valence-electron chi connectivity index (χ4n) is 1.37. The summed E-state index contributed by atoms with van der Waals surface area (Å²) >= 11 is 0. The molecule has 1 fully saturated rings. The normalized spacial score (nSPS) is 30.6. The number of aliphatic hydroxyl groups is 1. The van der Waals surface area contributed by atoms with E-state index in [1.165, 1.54) is 0 Å². The minimum absolute atomic E-state index is 0.0883. The number of alkyl halides is 2. The van der Waals surface area contributed by atoms with Gasteiger partial charge in [0, 0.05) is 34.9 Å². The van der Waals surface area contributed by atoms with E-state index in [0.717, 1.165) is 12.8 Å². The highest BCUT2D eigenvalue weighted by atomic mass is 32.2. The van der Waals surface area contributed by atoms with Gasteiger partial charge in [0.25, 0.3) is 6.43 Å². The van der Waals surface area contributed by atoms with Crippen LogP contribution in [0.4, 0.5) is 8.78 Å². The molecule has 0 aromatic rings. The van der Waals surface area contributed by atoms with Crippen LogP contribution >= 0.6 is 0 Å². The van der Waals surface area contributed by atoms with E-state index in [2.05, 4.69) is 5.32 Å². The molecule has 1 atom stereocenters. The van der Waals surface area contributed by atoms with E-state index in [-0.39, 0.29) is 12.6 Å². The lowest BCUT2D eigenvalue weighted by atomic mass is 10.1. The molecule has 1 aliphatic rings. The molecule has 0 spiro atoms. The molecule has 1 rings (SSSR count). The van der Waals surface area contributed by atoms with Crippen molar-refractivity contribution in [2.24, 2.45) is 0 Å². The summed E-state index contributed by atoms with van der Waals surface area (Å²) in [7, 11) is -0.735. The van der Waals surface area contributed by atoms with Crippen molar-refractivity contribution in [1.82, 2.24) is 5.32 Å². The van der Waals surface area contributed by atoms with E-state index in [4.69, 9.17) is 5.11 Å². The van der Waals surface area contributed by atoms with E-state index in [1.54, 1.807) is 0 Å². The van der Waals surface area contributed by atoms with Gasteiger partial charge in [-0.3, -0.25) is 4.21 Å². The lowest BCUT2D eigenvalue weighted by Gasteiger charge is -2.23. The standard InChI is InChI=1S/C8H15F2NO2S/c9-8(10)7(12)5-11-6-1-3-14(13)4-2-6/h6-8,11-12H,1-5H2. The molecule has 84 valence electrons. The summed E-state index contributed by atoms with van der Waals surface area (Å²) in [5.41, 5.74) is 0. The number of hydrogen-bond acceptors (Lipinski definition) is 3. The molecule has 14 heavy (non-hydrogen) atoms. The first-order valence-electron chi connectivity index (χ1n) is 4.64. The Morgan fingerprint density at radius 2 is 2.00 bits per heavy atom. The molecule has 0 radical (unpaired) electrons. The summed E-state index contributed by atoms with van der Waals surface area (Å²) in [5.74, 6) is 1.25. The lowest BCUT2D eigenvalue weighted by molar-refractivity contribution is -0.00473. The minimum atomic E-state index is -2.69. The third kappa shape index (κ3) is 3.98. The van der Waals surface area contributed by atoms with E-state index in [0.29, 0.717) is 11.5 Å². The molecule has 0 bridgehead atoms. The summed E-state index contributed by atoms with van der Waals surface area (Å²) < 4.78 is 34.8. The molecule has 2 N–H and O–H groups in total. The molecular formula is C8H15F2NO2S. The van der Waals surface area contributed by atoms with Crippen molar-refractivity contribution in [2.75, 3.05) is 18.1 Å². The van der Waals surface area contributed by atoms with E-state index < -0.39 is 23.3 Å². The van der Waals surface area contributed by atoms with Crippen molar-refractivity contribution in [2.45, 2.75) is 31.4 Å². The molecule has 3 nitrogen and oxygen atoms in total. The van der Waals surface area contributed by atoms with E-state index >= 15 is 0 Å². The first kappa shape index (κ1) is 12.0. The Hall–Kier alpha value is -0.0700. The number of halogens is 2. The molecular weight excluding hydrogens is 212 g/mol. The summed E-state index contributed by atoms with van der Waals surface area (Å²) in [6, 6.07) is 0.126. The zero-order valence-electron chi connectivity index (χ0n) is 7.79. The second kappa shape index (κ2) is 5.72. The predicted molar refractivity (Wildman–Crippen MR) is 50.9 cm³/mol. The highest BCUT2D eigenvalue weighted by molar-refractivity contribution is 7.85. The fraction of sp³-hybridized carbons (Fsp3) is 1.00. The first-order valence-corrected chi connectivity index (χ1v) is 6.13. The molecule has 1 heterocycles. The lowest BCUT2D eigenvalue weighted by Crippen LogP contribution is -2.41. The maximum Gasteiger partial charge on any atom is 0.265 e. The van der Waals surface area contributed by atoms with Gasteiger partial charge in [0.1, 0.15) is 6.10 Å². The Bertz CT molecular complexity index is 194. The van der Waals surface area contributed by atoms with Crippen molar-refractivity contribution in [3.63, 3.8) is 0 Å². The Kier molecular flexibility index (Phi) is 4.91. The van der Waals surface area contributed by atoms with Crippen molar-refractivity contribution in [3.05, 3.63) is 0 Å². The van der Waals surface area contributed by atoms with Crippen LogP contribution in [0.25, 0.3) is 0 Å². The van der Waals surface area contributed by atoms with Crippen LogP contribution < -0.4 is 5.32 Å². The minimum Gasteiger partial charge on any atom is -0.386 e. The molecule has 0 aliphatic carbocycles. The van der Waals surface area contributed by atoms with Gasteiger partial charge < -0.3 is 10.4 Å². The summed E-state index contributed by atoms with van der Waals surface area (Å²) in [6.45, 7) is -0.0883. The Morgan fingerprint density at radius 3 is 2.50 bits per heavy atom. The fourth-order valence-corrected chi connectivity index (χ4v) is 2.67. The molecule has 1 unspecified atom stereocenters. The maximum atomic E-state index is 11.9. The van der Waals surface area contributed by atoms with Crippen molar-refractivity contribution in [1.29, 1.82) is 0 Å². The highest BCUT2D eigenvalue weighted by Crippen LogP contribution is 2.09. The molecule has 0 amide bonds. The van der Waals surface area contributed by atoms with Gasteiger partial charge in [0.15, 0.2) is 0 Å². The summed E-state index contributed by atoms with van der Waals surface area (Å²) in [4.78, 5) is 0. The molecule has 0 aromatic carbocycles. The van der Waals surface area contributed by atoms with Crippen LogP contribution in [-0.2, 0) is 10.8 Å². The molecule has 0 aromatic heterocycles. The Labute approximate surface area is 84.3 Å². The van der Waals surface area contributed by atoms with Gasteiger partial charge in [-0.25, -0.2) is 8.78 Å². The molecule has 1 saturated heterocycles. The van der Waals surface area contributed by atoms with Crippen LogP contribution in [0, 0.1) is 0 Å². The average molecular weight is 227 g/mol. The van der Waals surface area contributed by atoms with Crippen molar-refractivity contribution in [3.8, 4) is 0 Å². The van der Waals surface area contributed by atoms with Gasteiger partial charge in [-0.1, -0.05) is 0 Å². The zero-order valence-corrected chi connectivity index (χ0v) is 8.60. The summed E-state index contributed by atoms with van der Waals surface area (Å²) in [6.07, 6.45) is -2.81. The SMILES string of the molecule is O=S1CCC(NCC(O)C(F)F)CC1. The van der Waals surface area contributed by atoms with Crippen LogP contribution in [0.1, 0.15) is 12.8 Å². The third-order valence-electron chi connectivity index (χ3n) is 2.29. The Morgan fingerprint density at radius 1 is 1.43 bits per heavy atom. The quantitative estimate of drug-likeness (QED) is 0.717. The van der Waals surface area contributed by atoms with Crippen LogP contribution in [0.5, 0.6) is 0 Å². The topological polar surface area (TPSA) is 49.3 Å². The van der Waals surface area contributed by atoms with E-state index in [1.807, 2.05) is 0 Å². The van der Waals surface area contributed by atoms with E-state index in [9.17, 15) is 13.0 Å². The van der Waals surface area contributed by atoms with Crippen molar-refractivity contribution >= 4 is 10.8 Å². The zero-order chi connectivity index (χ0) is 10.6. The monoisotopic (exact) mass is 227 g/mol. The van der Waals surface area contributed by atoms with Crippen LogP contribution in [0.2, 0.25) is 0 Å². The van der Waals surface area contributed by atoms with Crippen LogP contribution in [-0.4, -0.2) is 45.9 Å². The highest BCUT2D eigenvalue weighted by Gasteiger charge is 2.21. The third-order valence-corrected chi connectivity index (χ3v) is 3.68. The van der Waals surface area contributed by atoms with Crippen LogP contribution in [0.3, 0.4) is 0 Å². The Balaban J connectivity index is 2.16. The number of aliphatic hydroxyl groups excluding tert-OH is 1. The van der Waals surface area contributed by atoms with Gasteiger partial charge in [-0.15, -0.1) is 0 Å². The summed E-state index contributed by atoms with van der Waals surface area (Å²) in [5, 5.41) is 11.7. The van der Waals surface area contributed by atoms with Gasteiger partial charge in [-0.2, -0.15) is 0 Å². The molecule has 0 saturated carbocycles. The average Bonchev–Trinajstić information content (AvgIpc) is 2.16. The van der Waals surface area contributed by atoms with Gasteiger partial charge in [0.2, 0.25) is 0 Å². The molecule has 6 heteroatoms. The van der Waals surface area contributed by atoms with Gasteiger partial charge >= 0.3 is 0 Å². The van der Waals surface area contributed by atoms with Gasteiger partial charge in [-0.05, 0) is 12.8 Å². The molecule has 1 aliphatic heterocycles. The van der Waals surface area contributed by atoms with Crippen LogP contribution in [0.15, 0.2) is 0 Å². The number of nitrogens with one attached hydrogen (secondary N) is 1. The largest absolute Gasteiger partial charge is 0.386 e. The predicted octanol–water partition coefficient (Wildman–Crippen LogP) is 0.113. The van der Waals surface area contributed by atoms with Crippen molar-refractivity contribution < 1.29 is 18.1 Å². The first-order chi connectivity index (χ1) is 6.59. The number of hydrogen-bond donors (Lipinski definition) is 2. The second-order valence-corrected chi connectivity index (χ2v) is 5.13. The van der Waals surface area contributed by atoms with Gasteiger partial charge in [0.05, 0.1) is 0 Å². The maximum absolute atomic E-state index is 11.9. The number of rotatable bonds is 4. The smallest absolute Gasteiger partial charge is 0.265 e.